The van der Waals surface area contributed by atoms with Crippen LogP contribution < -0.4 is 37.9 Å². The van der Waals surface area contributed by atoms with Gasteiger partial charge in [0.25, 0.3) is 0 Å². The molecular formula is C12H11NaO7S2. The third-order valence-corrected chi connectivity index (χ3v) is 4.18. The second kappa shape index (κ2) is 7.95. The molecule has 0 radical (unpaired) electrons. The van der Waals surface area contributed by atoms with Crippen LogP contribution in [0.1, 0.15) is 1.43 Å². The van der Waals surface area contributed by atoms with Gasteiger partial charge in [-0.15, -0.1) is 0 Å². The fraction of sp³-hybridized carbons (Fsp3) is 0. The zero-order chi connectivity index (χ0) is 15.3. The summed E-state index contributed by atoms with van der Waals surface area (Å²) >= 11 is 0. The Labute approximate surface area is 152 Å². The Bertz CT molecular complexity index is 726. The molecule has 2 rings (SSSR count). The van der Waals surface area contributed by atoms with Crippen LogP contribution in [0.5, 0.6) is 11.5 Å². The Kier molecular flexibility index (Phi) is 6.85. The van der Waals surface area contributed by atoms with Crippen molar-refractivity contribution in [3.63, 3.8) is 0 Å². The van der Waals surface area contributed by atoms with Crippen molar-refractivity contribution in [2.45, 2.75) is 0 Å². The van der Waals surface area contributed by atoms with Crippen LogP contribution in [-0.4, -0.2) is 16.8 Å². The molecule has 7 nitrogen and oxygen atoms in total. The van der Waals surface area contributed by atoms with E-state index in [1.807, 2.05) is 0 Å². The first-order valence-corrected chi connectivity index (χ1v) is 8.23. The van der Waals surface area contributed by atoms with Crippen molar-refractivity contribution in [1.82, 2.24) is 0 Å². The van der Waals surface area contributed by atoms with Gasteiger partial charge in [-0.3, -0.25) is 0 Å². The van der Waals surface area contributed by atoms with Gasteiger partial charge in [0.1, 0.15) is 11.5 Å². The van der Waals surface area contributed by atoms with E-state index in [1.54, 1.807) is 12.1 Å². The van der Waals surface area contributed by atoms with Crippen molar-refractivity contribution in [3.05, 3.63) is 60.7 Å². The van der Waals surface area contributed by atoms with E-state index < -0.39 is 20.8 Å². The predicted octanol–water partition coefficient (Wildman–Crippen LogP) is -1.23. The van der Waals surface area contributed by atoms with Gasteiger partial charge in [-0.25, -0.2) is 0 Å². The molecule has 0 aliphatic rings. The summed E-state index contributed by atoms with van der Waals surface area (Å²) in [5.74, 6) is -0.181. The minimum atomic E-state index is -4.83. The van der Waals surface area contributed by atoms with Crippen LogP contribution in [0.2, 0.25) is 0 Å². The minimum absolute atomic E-state index is 0. The van der Waals surface area contributed by atoms with Gasteiger partial charge in [0.2, 0.25) is 0 Å². The molecule has 0 atom stereocenters. The molecule has 0 amide bonds. The maximum atomic E-state index is 11.5. The van der Waals surface area contributed by atoms with Crippen molar-refractivity contribution in [2.24, 2.45) is 0 Å². The van der Waals surface area contributed by atoms with Crippen LogP contribution in [0.25, 0.3) is 0 Å². The average Bonchev–Trinajstić information content (AvgIpc) is 2.38. The fourth-order valence-electron chi connectivity index (χ4n) is 1.32. The summed E-state index contributed by atoms with van der Waals surface area (Å²) in [6.07, 6.45) is 0. The van der Waals surface area contributed by atoms with Gasteiger partial charge in [0, 0.05) is 0 Å². The van der Waals surface area contributed by atoms with E-state index in [4.69, 9.17) is 0 Å². The minimum Gasteiger partial charge on any atom is -1.00 e. The van der Waals surface area contributed by atoms with Crippen molar-refractivity contribution in [3.8, 4) is 11.5 Å². The summed E-state index contributed by atoms with van der Waals surface area (Å²) in [6, 6.07) is 14.6. The topological polar surface area (TPSA) is 96.0 Å². The molecule has 0 bridgehead atoms. The zero-order valence-corrected chi connectivity index (χ0v) is 15.1. The Hall–Kier alpha value is -1.10. The van der Waals surface area contributed by atoms with E-state index in [1.165, 1.54) is 48.5 Å². The van der Waals surface area contributed by atoms with E-state index in [0.717, 1.165) is 0 Å². The van der Waals surface area contributed by atoms with Crippen LogP contribution in [0, 0.1) is 0 Å². The zero-order valence-electron chi connectivity index (χ0n) is 12.4. The van der Waals surface area contributed by atoms with Crippen LogP contribution in [0.4, 0.5) is 0 Å². The van der Waals surface area contributed by atoms with E-state index in [9.17, 15) is 16.8 Å². The monoisotopic (exact) mass is 354 g/mol. The molecule has 0 saturated heterocycles. The number of hydrogen-bond acceptors (Lipinski definition) is 7. The molecule has 0 fully saturated rings. The maximum absolute atomic E-state index is 11.5. The first-order valence-electron chi connectivity index (χ1n) is 5.56. The summed E-state index contributed by atoms with van der Waals surface area (Å²) in [7, 11) is -9.65. The van der Waals surface area contributed by atoms with E-state index in [0.29, 0.717) is 0 Å². The van der Waals surface area contributed by atoms with Gasteiger partial charge in [-0.05, 0) is 24.3 Å². The molecule has 0 heterocycles. The number of benzene rings is 2. The van der Waals surface area contributed by atoms with Gasteiger partial charge in [-0.1, -0.05) is 40.0 Å². The van der Waals surface area contributed by atoms with E-state index >= 15 is 0 Å². The van der Waals surface area contributed by atoms with Crippen LogP contribution in [-0.2, 0) is 24.4 Å². The Morgan fingerprint density at radius 3 is 1.27 bits per heavy atom. The van der Waals surface area contributed by atoms with Crippen LogP contribution in [0.3, 0.4) is 0 Å². The first-order chi connectivity index (χ1) is 9.86. The Morgan fingerprint density at radius 2 is 0.955 bits per heavy atom. The molecule has 22 heavy (non-hydrogen) atoms. The first kappa shape index (κ1) is 18.9. The predicted molar refractivity (Wildman–Crippen MR) is 74.2 cm³/mol. The average molecular weight is 354 g/mol. The Morgan fingerprint density at radius 1 is 0.636 bits per heavy atom. The SMILES string of the molecule is O=S(=O)(Oc1ccccc1)OS(=O)(=O)Oc1ccccc1.[H-].[Na+]. The third-order valence-electron chi connectivity index (χ3n) is 2.05. The molecule has 2 aromatic rings. The third kappa shape index (κ3) is 6.34. The molecule has 10 heteroatoms. The van der Waals surface area contributed by atoms with Gasteiger partial charge in [-0.2, -0.15) is 16.8 Å². The smallest absolute Gasteiger partial charge is 1.00 e. The Balaban J connectivity index is 0.00000242. The summed E-state index contributed by atoms with van der Waals surface area (Å²) in [6.45, 7) is 0. The van der Waals surface area contributed by atoms with Gasteiger partial charge < -0.3 is 9.79 Å². The number of hydrogen-bond donors (Lipinski definition) is 0. The van der Waals surface area contributed by atoms with Crippen molar-refractivity contribution in [1.29, 1.82) is 0 Å². The molecule has 0 spiro atoms. The molecule has 0 aliphatic heterocycles. The maximum Gasteiger partial charge on any atom is 1.00 e. The quantitative estimate of drug-likeness (QED) is 0.599. The molecular weight excluding hydrogens is 343 g/mol. The fourth-order valence-corrected chi connectivity index (χ4v) is 3.05. The van der Waals surface area contributed by atoms with E-state index in [-0.39, 0.29) is 42.5 Å². The molecule has 2 aromatic carbocycles. The second-order valence-corrected chi connectivity index (χ2v) is 6.19. The molecule has 0 aliphatic carbocycles. The number of rotatable bonds is 6. The van der Waals surface area contributed by atoms with Gasteiger partial charge >= 0.3 is 50.4 Å². The summed E-state index contributed by atoms with van der Waals surface area (Å²) < 4.78 is 58.9. The molecule has 0 unspecified atom stereocenters. The van der Waals surface area contributed by atoms with E-state index in [2.05, 4.69) is 12.0 Å². The second-order valence-electron chi connectivity index (χ2n) is 3.68. The van der Waals surface area contributed by atoms with Crippen molar-refractivity contribution >= 4 is 20.8 Å². The largest absolute Gasteiger partial charge is 1.00 e. The van der Waals surface area contributed by atoms with Crippen LogP contribution in [0.15, 0.2) is 60.7 Å². The standard InChI is InChI=1S/C12H10O7S2.Na.H/c13-20(14,17-11-7-3-1-4-8-11)19-21(15,16)18-12-9-5-2-6-10-12;;/h1-10H;;/q;+1;-1. The summed E-state index contributed by atoms with van der Waals surface area (Å²) in [5, 5.41) is 0. The molecule has 0 saturated carbocycles. The van der Waals surface area contributed by atoms with Crippen LogP contribution >= 0.6 is 0 Å². The van der Waals surface area contributed by atoms with Gasteiger partial charge in [0.05, 0.1) is 0 Å². The normalized spacial score (nSPS) is 11.3. The molecule has 114 valence electrons. The van der Waals surface area contributed by atoms with Gasteiger partial charge in [0.15, 0.2) is 0 Å². The molecule has 0 N–H and O–H groups in total. The van der Waals surface area contributed by atoms with Crippen molar-refractivity contribution < 1.29 is 59.8 Å². The number of para-hydroxylation sites is 2. The summed E-state index contributed by atoms with van der Waals surface area (Å²) in [5.41, 5.74) is 0. The van der Waals surface area contributed by atoms with Crippen molar-refractivity contribution in [2.75, 3.05) is 0 Å². The summed E-state index contributed by atoms with van der Waals surface area (Å²) in [4.78, 5) is 0. The molecule has 0 aromatic heterocycles.